The molecule has 1 amide bonds. The largest absolute Gasteiger partial charge is 0.478 e. The van der Waals surface area contributed by atoms with Gasteiger partial charge in [-0.15, -0.1) is 0 Å². The smallest absolute Gasteiger partial charge is 0.416 e. The lowest BCUT2D eigenvalue weighted by atomic mass is 10.2. The Morgan fingerprint density at radius 3 is 2.61 bits per heavy atom. The van der Waals surface area contributed by atoms with Gasteiger partial charge in [0.2, 0.25) is 5.88 Å². The number of nitro groups is 1. The lowest BCUT2D eigenvalue weighted by Gasteiger charge is -2.15. The maximum Gasteiger partial charge on any atom is 0.416 e. The summed E-state index contributed by atoms with van der Waals surface area (Å²) in [6.07, 6.45) is -4.30. The Hall–Kier alpha value is -3.08. The maximum absolute atomic E-state index is 13.1. The Morgan fingerprint density at radius 2 is 2.00 bits per heavy atom. The van der Waals surface area contributed by atoms with Crippen LogP contribution in [0.1, 0.15) is 36.2 Å². The fourth-order valence-electron chi connectivity index (χ4n) is 2.46. The van der Waals surface area contributed by atoms with Gasteiger partial charge in [-0.3, -0.25) is 14.9 Å². The number of anilines is 1. The summed E-state index contributed by atoms with van der Waals surface area (Å²) in [6, 6.07) is 5.06. The van der Waals surface area contributed by atoms with Crippen molar-refractivity contribution in [3.05, 3.63) is 56.6 Å². The summed E-state index contributed by atoms with van der Waals surface area (Å²) in [4.78, 5) is 26.4. The Bertz CT molecular complexity index is 954. The molecule has 0 aliphatic carbocycles. The third-order valence-electron chi connectivity index (χ3n) is 3.83. The van der Waals surface area contributed by atoms with Crippen molar-refractivity contribution in [1.82, 2.24) is 10.3 Å². The quantitative estimate of drug-likeness (QED) is 0.319. The Balaban J connectivity index is 1.93. The minimum Gasteiger partial charge on any atom is -0.478 e. The number of pyridine rings is 1. The molecule has 1 aromatic carbocycles. The van der Waals surface area contributed by atoms with Crippen LogP contribution in [0.4, 0.5) is 24.7 Å². The van der Waals surface area contributed by atoms with E-state index in [1.807, 2.05) is 0 Å². The molecule has 2 aromatic rings. The standard InChI is InChI=1S/C19H20ClF3N4O4/c1-11(2)25-16-8-12(19(21,22)23)9-17(26-16)31-7-3-6-24-18(28)14-10-13(27(29)30)4-5-15(14)20/h4-5,8-11H,3,6-7H2,1-2H3,(H,24,28)(H,25,26). The number of nitrogens with one attached hydrogen (secondary N) is 2. The molecule has 0 saturated carbocycles. The van der Waals surface area contributed by atoms with E-state index in [0.29, 0.717) is 0 Å². The van der Waals surface area contributed by atoms with E-state index in [1.165, 1.54) is 12.1 Å². The average Bonchev–Trinajstić information content (AvgIpc) is 2.66. The molecule has 0 aliphatic heterocycles. The highest BCUT2D eigenvalue weighted by Crippen LogP contribution is 2.32. The molecular weight excluding hydrogens is 441 g/mol. The molecule has 0 spiro atoms. The summed E-state index contributed by atoms with van der Waals surface area (Å²) in [5, 5.41) is 16.2. The van der Waals surface area contributed by atoms with Gasteiger partial charge in [-0.25, -0.2) is 0 Å². The fraction of sp³-hybridized carbons (Fsp3) is 0.368. The second-order valence-corrected chi connectivity index (χ2v) is 7.16. The first-order chi connectivity index (χ1) is 14.5. The predicted molar refractivity (Wildman–Crippen MR) is 109 cm³/mol. The number of carbonyl (C=O) groups is 1. The van der Waals surface area contributed by atoms with Gasteiger partial charge in [0, 0.05) is 30.8 Å². The van der Waals surface area contributed by atoms with Crippen LogP contribution in [-0.2, 0) is 6.18 Å². The zero-order valence-corrected chi connectivity index (χ0v) is 17.4. The number of nitrogens with zero attached hydrogens (tertiary/aromatic N) is 2. The Labute approximate surface area is 180 Å². The normalized spacial score (nSPS) is 11.3. The predicted octanol–water partition coefficient (Wildman–Crippen LogP) is 4.68. The summed E-state index contributed by atoms with van der Waals surface area (Å²) in [7, 11) is 0. The maximum atomic E-state index is 13.1. The highest BCUT2D eigenvalue weighted by atomic mass is 35.5. The van der Waals surface area contributed by atoms with Crippen molar-refractivity contribution in [2.75, 3.05) is 18.5 Å². The molecule has 0 radical (unpaired) electrons. The second-order valence-electron chi connectivity index (χ2n) is 6.76. The van der Waals surface area contributed by atoms with Crippen LogP contribution in [0, 0.1) is 10.1 Å². The van der Waals surface area contributed by atoms with Crippen molar-refractivity contribution in [1.29, 1.82) is 0 Å². The molecule has 0 unspecified atom stereocenters. The zero-order chi connectivity index (χ0) is 23.2. The number of amides is 1. The van der Waals surface area contributed by atoms with Crippen LogP contribution in [0.25, 0.3) is 0 Å². The van der Waals surface area contributed by atoms with Crippen molar-refractivity contribution in [2.24, 2.45) is 0 Å². The van der Waals surface area contributed by atoms with E-state index in [0.717, 1.165) is 18.2 Å². The highest BCUT2D eigenvalue weighted by Gasteiger charge is 2.32. The van der Waals surface area contributed by atoms with E-state index in [1.54, 1.807) is 13.8 Å². The molecule has 2 N–H and O–H groups in total. The van der Waals surface area contributed by atoms with Crippen LogP contribution < -0.4 is 15.4 Å². The summed E-state index contributed by atoms with van der Waals surface area (Å²) in [5.74, 6) is -0.784. The summed E-state index contributed by atoms with van der Waals surface area (Å²) < 4.78 is 44.5. The van der Waals surface area contributed by atoms with Gasteiger partial charge in [0.25, 0.3) is 11.6 Å². The van der Waals surface area contributed by atoms with Crippen LogP contribution in [0.15, 0.2) is 30.3 Å². The van der Waals surface area contributed by atoms with Gasteiger partial charge in [0.15, 0.2) is 0 Å². The number of rotatable bonds is 9. The minimum absolute atomic E-state index is 0.0155. The van der Waals surface area contributed by atoms with Crippen LogP contribution in [0.2, 0.25) is 5.02 Å². The number of hydrogen-bond donors (Lipinski definition) is 2. The zero-order valence-electron chi connectivity index (χ0n) is 16.6. The third kappa shape index (κ3) is 7.28. The molecule has 2 rings (SSSR count). The summed E-state index contributed by atoms with van der Waals surface area (Å²) in [5.41, 5.74) is -1.23. The van der Waals surface area contributed by atoms with E-state index in [2.05, 4.69) is 15.6 Å². The third-order valence-corrected chi connectivity index (χ3v) is 4.16. The first-order valence-electron chi connectivity index (χ1n) is 9.18. The molecule has 0 saturated heterocycles. The molecule has 0 bridgehead atoms. The van der Waals surface area contributed by atoms with Crippen molar-refractivity contribution < 1.29 is 27.6 Å². The van der Waals surface area contributed by atoms with E-state index in [4.69, 9.17) is 16.3 Å². The average molecular weight is 461 g/mol. The fourth-order valence-corrected chi connectivity index (χ4v) is 2.66. The first kappa shape index (κ1) is 24.2. The van der Waals surface area contributed by atoms with Gasteiger partial charge in [-0.2, -0.15) is 18.2 Å². The number of non-ortho nitro benzene ring substituents is 1. The summed E-state index contributed by atoms with van der Waals surface area (Å²) >= 11 is 5.90. The molecule has 1 heterocycles. The van der Waals surface area contributed by atoms with Crippen molar-refractivity contribution in [3.63, 3.8) is 0 Å². The molecule has 0 aliphatic rings. The number of alkyl halides is 3. The number of hydrogen-bond acceptors (Lipinski definition) is 6. The van der Waals surface area contributed by atoms with Gasteiger partial charge < -0.3 is 15.4 Å². The number of carbonyl (C=O) groups excluding carboxylic acids is 1. The van der Waals surface area contributed by atoms with Crippen molar-refractivity contribution in [2.45, 2.75) is 32.5 Å². The van der Waals surface area contributed by atoms with Crippen LogP contribution in [-0.4, -0.2) is 35.0 Å². The Morgan fingerprint density at radius 1 is 1.29 bits per heavy atom. The summed E-state index contributed by atoms with van der Waals surface area (Å²) in [6.45, 7) is 3.61. The molecule has 1 aromatic heterocycles. The highest BCUT2D eigenvalue weighted by molar-refractivity contribution is 6.33. The Kier molecular flexibility index (Phi) is 8.03. The van der Waals surface area contributed by atoms with E-state index in [-0.39, 0.29) is 53.6 Å². The second kappa shape index (κ2) is 10.3. The molecule has 0 fully saturated rings. The monoisotopic (exact) mass is 460 g/mol. The van der Waals surface area contributed by atoms with Gasteiger partial charge in [-0.1, -0.05) is 11.6 Å². The molecule has 0 atom stereocenters. The topological polar surface area (TPSA) is 106 Å². The van der Waals surface area contributed by atoms with Gasteiger partial charge in [0.1, 0.15) is 5.82 Å². The number of halogens is 4. The molecular formula is C19H20ClF3N4O4. The SMILES string of the molecule is CC(C)Nc1cc(C(F)(F)F)cc(OCCCNC(=O)c2cc([N+](=O)[O-])ccc2Cl)n1. The first-order valence-corrected chi connectivity index (χ1v) is 9.56. The number of nitro benzene ring substituents is 1. The van der Waals surface area contributed by atoms with Gasteiger partial charge in [-0.05, 0) is 32.4 Å². The molecule has 8 nitrogen and oxygen atoms in total. The van der Waals surface area contributed by atoms with Gasteiger partial charge >= 0.3 is 6.18 Å². The van der Waals surface area contributed by atoms with E-state index < -0.39 is 22.6 Å². The minimum atomic E-state index is -4.56. The molecule has 168 valence electrons. The number of ether oxygens (including phenoxy) is 1. The lowest BCUT2D eigenvalue weighted by Crippen LogP contribution is -2.26. The molecule has 31 heavy (non-hydrogen) atoms. The number of benzene rings is 1. The number of aromatic nitrogens is 1. The van der Waals surface area contributed by atoms with Crippen molar-refractivity contribution >= 4 is 29.0 Å². The van der Waals surface area contributed by atoms with Crippen molar-refractivity contribution in [3.8, 4) is 5.88 Å². The van der Waals surface area contributed by atoms with Crippen LogP contribution in [0.5, 0.6) is 5.88 Å². The van der Waals surface area contributed by atoms with E-state index >= 15 is 0 Å². The lowest BCUT2D eigenvalue weighted by molar-refractivity contribution is -0.384. The van der Waals surface area contributed by atoms with Crippen LogP contribution >= 0.6 is 11.6 Å². The van der Waals surface area contributed by atoms with Crippen LogP contribution in [0.3, 0.4) is 0 Å². The van der Waals surface area contributed by atoms with E-state index in [9.17, 15) is 28.1 Å². The molecule has 12 heteroatoms. The van der Waals surface area contributed by atoms with Gasteiger partial charge in [0.05, 0.1) is 27.7 Å².